The number of nitriles is 1. The zero-order valence-electron chi connectivity index (χ0n) is 19.5. The first-order valence-corrected chi connectivity index (χ1v) is 12.7. The minimum absolute atomic E-state index is 0.0416. The maximum atomic E-state index is 12.7. The lowest BCUT2D eigenvalue weighted by molar-refractivity contribution is -0.112. The molecule has 0 radical (unpaired) electrons. The summed E-state index contributed by atoms with van der Waals surface area (Å²) < 4.78 is 41.6. The lowest BCUT2D eigenvalue weighted by atomic mass is 10.1. The standard InChI is InChI=1S/C26H23ClN2O6S/c1-3-33-21-12-10-20(11-13-21)29-26(30)19(17-28)14-18-15-23(27)25(24(16-18)34-4-2)35-36(31,32)22-8-6-5-7-9-22/h5-16H,3-4H2,1-2H3,(H,29,30)/b19-14+. The largest absolute Gasteiger partial charge is 0.494 e. The number of rotatable bonds is 10. The summed E-state index contributed by atoms with van der Waals surface area (Å²) in [5.74, 6) is -0.138. The quantitative estimate of drug-likeness (QED) is 0.212. The minimum Gasteiger partial charge on any atom is -0.494 e. The zero-order valence-corrected chi connectivity index (χ0v) is 21.1. The van der Waals surface area contributed by atoms with Crippen molar-refractivity contribution in [2.75, 3.05) is 18.5 Å². The topological polar surface area (TPSA) is 115 Å². The van der Waals surface area contributed by atoms with Crippen molar-refractivity contribution in [3.05, 3.63) is 82.9 Å². The van der Waals surface area contributed by atoms with E-state index in [0.717, 1.165) is 0 Å². The molecule has 3 aromatic carbocycles. The number of carbonyl (C=O) groups is 1. The molecule has 0 aliphatic rings. The Morgan fingerprint density at radius 2 is 1.69 bits per heavy atom. The van der Waals surface area contributed by atoms with E-state index in [0.29, 0.717) is 23.6 Å². The summed E-state index contributed by atoms with van der Waals surface area (Å²) in [5, 5.41) is 12.1. The highest BCUT2D eigenvalue weighted by Crippen LogP contribution is 2.39. The zero-order chi connectivity index (χ0) is 26.1. The summed E-state index contributed by atoms with van der Waals surface area (Å²) in [6.45, 7) is 4.27. The van der Waals surface area contributed by atoms with Crippen molar-refractivity contribution < 1.29 is 26.9 Å². The average molecular weight is 527 g/mol. The van der Waals surface area contributed by atoms with Crippen LogP contribution in [0.4, 0.5) is 5.69 Å². The summed E-state index contributed by atoms with van der Waals surface area (Å²) in [6, 6.07) is 19.0. The van der Waals surface area contributed by atoms with Crippen molar-refractivity contribution >= 4 is 39.4 Å². The highest BCUT2D eigenvalue weighted by Gasteiger charge is 2.22. The first-order chi connectivity index (χ1) is 17.3. The van der Waals surface area contributed by atoms with Gasteiger partial charge in [0.1, 0.15) is 22.3 Å². The van der Waals surface area contributed by atoms with Crippen molar-refractivity contribution in [2.45, 2.75) is 18.7 Å². The van der Waals surface area contributed by atoms with E-state index in [4.69, 9.17) is 25.3 Å². The van der Waals surface area contributed by atoms with Crippen molar-refractivity contribution in [3.63, 3.8) is 0 Å². The molecule has 0 heterocycles. The van der Waals surface area contributed by atoms with Gasteiger partial charge in [-0.05, 0) is 74.0 Å². The molecule has 0 spiro atoms. The number of benzene rings is 3. The van der Waals surface area contributed by atoms with E-state index in [1.165, 1.54) is 30.3 Å². The predicted molar refractivity (Wildman–Crippen MR) is 137 cm³/mol. The number of carbonyl (C=O) groups excluding carboxylic acids is 1. The van der Waals surface area contributed by atoms with E-state index >= 15 is 0 Å². The Morgan fingerprint density at radius 3 is 2.31 bits per heavy atom. The lowest BCUT2D eigenvalue weighted by Crippen LogP contribution is -2.13. The van der Waals surface area contributed by atoms with Gasteiger partial charge < -0.3 is 19.0 Å². The van der Waals surface area contributed by atoms with Crippen LogP contribution in [0.1, 0.15) is 19.4 Å². The molecule has 0 saturated heterocycles. The molecule has 1 amide bonds. The van der Waals surface area contributed by atoms with Crippen molar-refractivity contribution in [1.82, 2.24) is 0 Å². The average Bonchev–Trinajstić information content (AvgIpc) is 2.86. The molecule has 10 heteroatoms. The molecule has 3 aromatic rings. The van der Waals surface area contributed by atoms with Gasteiger partial charge in [0, 0.05) is 5.69 Å². The Bertz CT molecular complexity index is 1400. The van der Waals surface area contributed by atoms with Crippen LogP contribution in [-0.4, -0.2) is 27.5 Å². The monoisotopic (exact) mass is 526 g/mol. The molecule has 1 N–H and O–H groups in total. The Balaban J connectivity index is 1.88. The Kier molecular flexibility index (Phi) is 8.95. The molecule has 186 valence electrons. The van der Waals surface area contributed by atoms with Crippen LogP contribution in [0.25, 0.3) is 6.08 Å². The molecule has 0 saturated carbocycles. The third kappa shape index (κ3) is 6.78. The normalized spacial score (nSPS) is 11.3. The van der Waals surface area contributed by atoms with Gasteiger partial charge in [-0.15, -0.1) is 0 Å². The third-order valence-corrected chi connectivity index (χ3v) is 6.17. The molecule has 36 heavy (non-hydrogen) atoms. The van der Waals surface area contributed by atoms with Gasteiger partial charge in [0.05, 0.1) is 18.2 Å². The lowest BCUT2D eigenvalue weighted by Gasteiger charge is -2.14. The number of nitrogens with one attached hydrogen (secondary N) is 1. The van der Waals surface area contributed by atoms with Gasteiger partial charge in [-0.25, -0.2) is 0 Å². The van der Waals surface area contributed by atoms with Crippen LogP contribution in [0.2, 0.25) is 5.02 Å². The smallest absolute Gasteiger partial charge is 0.339 e. The van der Waals surface area contributed by atoms with E-state index in [1.54, 1.807) is 49.4 Å². The Morgan fingerprint density at radius 1 is 1.03 bits per heavy atom. The SMILES string of the molecule is CCOc1ccc(NC(=O)/C(C#N)=C/c2cc(Cl)c(OS(=O)(=O)c3ccccc3)c(OCC)c2)cc1. The molecule has 0 fully saturated rings. The fourth-order valence-electron chi connectivity index (χ4n) is 3.07. The minimum atomic E-state index is -4.18. The van der Waals surface area contributed by atoms with Gasteiger partial charge in [-0.3, -0.25) is 4.79 Å². The second-order valence-electron chi connectivity index (χ2n) is 7.19. The van der Waals surface area contributed by atoms with Crippen LogP contribution in [0.3, 0.4) is 0 Å². The molecular weight excluding hydrogens is 504 g/mol. The van der Waals surface area contributed by atoms with Gasteiger partial charge in [0.25, 0.3) is 5.91 Å². The second kappa shape index (κ2) is 12.1. The molecular formula is C26H23ClN2O6S. The molecule has 3 rings (SSSR count). The predicted octanol–water partition coefficient (Wildman–Crippen LogP) is 5.45. The van der Waals surface area contributed by atoms with E-state index in [-0.39, 0.29) is 33.6 Å². The molecule has 0 atom stereocenters. The maximum Gasteiger partial charge on any atom is 0.339 e. The highest BCUT2D eigenvalue weighted by molar-refractivity contribution is 7.87. The Hall–Kier alpha value is -4.00. The number of nitrogens with zero attached hydrogens (tertiary/aromatic N) is 1. The van der Waals surface area contributed by atoms with Crippen molar-refractivity contribution in [2.24, 2.45) is 0 Å². The Labute approximate surface area is 214 Å². The highest BCUT2D eigenvalue weighted by atomic mass is 35.5. The second-order valence-corrected chi connectivity index (χ2v) is 9.15. The van der Waals surface area contributed by atoms with Crippen LogP contribution in [-0.2, 0) is 14.9 Å². The number of hydrogen-bond acceptors (Lipinski definition) is 7. The molecule has 0 bridgehead atoms. The van der Waals surface area contributed by atoms with Crippen LogP contribution >= 0.6 is 11.6 Å². The van der Waals surface area contributed by atoms with E-state index in [1.807, 2.05) is 13.0 Å². The van der Waals surface area contributed by atoms with E-state index in [2.05, 4.69) is 5.32 Å². The summed E-state index contributed by atoms with van der Waals surface area (Å²) in [6.07, 6.45) is 1.31. The van der Waals surface area contributed by atoms with Crippen LogP contribution in [0, 0.1) is 11.3 Å². The number of amides is 1. The fourth-order valence-corrected chi connectivity index (χ4v) is 4.36. The first kappa shape index (κ1) is 26.6. The van der Waals surface area contributed by atoms with Crippen molar-refractivity contribution in [1.29, 1.82) is 5.26 Å². The fraction of sp³-hybridized carbons (Fsp3) is 0.154. The van der Waals surface area contributed by atoms with Gasteiger partial charge >= 0.3 is 10.1 Å². The molecule has 0 aromatic heterocycles. The maximum absolute atomic E-state index is 12.7. The summed E-state index contributed by atoms with van der Waals surface area (Å²) in [7, 11) is -4.18. The number of anilines is 1. The summed E-state index contributed by atoms with van der Waals surface area (Å²) in [4.78, 5) is 12.6. The van der Waals surface area contributed by atoms with E-state index in [9.17, 15) is 18.5 Å². The number of ether oxygens (including phenoxy) is 2. The molecule has 8 nitrogen and oxygen atoms in total. The summed E-state index contributed by atoms with van der Waals surface area (Å²) >= 11 is 6.35. The molecule has 0 aliphatic carbocycles. The van der Waals surface area contributed by atoms with Gasteiger partial charge in [-0.2, -0.15) is 13.7 Å². The number of hydrogen-bond donors (Lipinski definition) is 1. The van der Waals surface area contributed by atoms with Crippen LogP contribution in [0.15, 0.2) is 77.2 Å². The van der Waals surface area contributed by atoms with E-state index < -0.39 is 16.0 Å². The van der Waals surface area contributed by atoms with Crippen molar-refractivity contribution in [3.8, 4) is 23.3 Å². The molecule has 0 aliphatic heterocycles. The summed E-state index contributed by atoms with van der Waals surface area (Å²) in [5.41, 5.74) is 0.617. The van der Waals surface area contributed by atoms with Gasteiger partial charge in [-0.1, -0.05) is 29.8 Å². The third-order valence-electron chi connectivity index (χ3n) is 4.66. The first-order valence-electron chi connectivity index (χ1n) is 10.9. The number of halogens is 1. The van der Waals surface area contributed by atoms with Crippen LogP contribution in [0.5, 0.6) is 17.2 Å². The van der Waals surface area contributed by atoms with Gasteiger partial charge in [0.2, 0.25) is 5.75 Å². The van der Waals surface area contributed by atoms with Gasteiger partial charge in [0.15, 0.2) is 5.75 Å². The molecule has 0 unspecified atom stereocenters. The van der Waals surface area contributed by atoms with Crippen LogP contribution < -0.4 is 19.0 Å².